The summed E-state index contributed by atoms with van der Waals surface area (Å²) in [5.41, 5.74) is 0. The number of carbonyl (C=O) groups is 2. The normalized spacial score (nSPS) is 25.1. The van der Waals surface area contributed by atoms with Crippen molar-refractivity contribution in [3.8, 4) is 0 Å². The minimum Gasteiger partial charge on any atom is -0.342 e. The van der Waals surface area contributed by atoms with Crippen molar-refractivity contribution >= 4 is 11.8 Å². The van der Waals surface area contributed by atoms with Crippen molar-refractivity contribution in [2.75, 3.05) is 26.2 Å². The zero-order chi connectivity index (χ0) is 12.4. The van der Waals surface area contributed by atoms with Crippen LogP contribution in [0, 0.1) is 11.8 Å². The van der Waals surface area contributed by atoms with Gasteiger partial charge in [0.05, 0.1) is 5.92 Å². The highest BCUT2D eigenvalue weighted by atomic mass is 16.2. The molecule has 17 heavy (non-hydrogen) atoms. The third kappa shape index (κ3) is 2.79. The Kier molecular flexibility index (Phi) is 3.69. The first kappa shape index (κ1) is 12.4. The second-order valence-electron chi connectivity index (χ2n) is 5.63. The van der Waals surface area contributed by atoms with E-state index in [-0.39, 0.29) is 17.7 Å². The van der Waals surface area contributed by atoms with Gasteiger partial charge in [0.15, 0.2) is 0 Å². The van der Waals surface area contributed by atoms with Crippen molar-refractivity contribution in [2.45, 2.75) is 33.1 Å². The van der Waals surface area contributed by atoms with Gasteiger partial charge in [-0.1, -0.05) is 13.8 Å². The molecule has 0 aromatic rings. The van der Waals surface area contributed by atoms with Crippen molar-refractivity contribution in [1.29, 1.82) is 0 Å². The molecule has 96 valence electrons. The largest absolute Gasteiger partial charge is 0.342 e. The quantitative estimate of drug-likeness (QED) is 0.739. The van der Waals surface area contributed by atoms with Crippen LogP contribution in [-0.4, -0.2) is 47.8 Å². The van der Waals surface area contributed by atoms with Crippen molar-refractivity contribution in [3.63, 3.8) is 0 Å². The van der Waals surface area contributed by atoms with E-state index >= 15 is 0 Å². The molecule has 1 unspecified atom stereocenters. The molecule has 0 aromatic heterocycles. The third-order valence-electron chi connectivity index (χ3n) is 3.57. The number of nitrogens with zero attached hydrogens (tertiary/aromatic N) is 2. The van der Waals surface area contributed by atoms with E-state index in [1.807, 2.05) is 9.80 Å². The molecule has 4 nitrogen and oxygen atoms in total. The Morgan fingerprint density at radius 3 is 2.59 bits per heavy atom. The Balaban J connectivity index is 1.91. The van der Waals surface area contributed by atoms with Crippen LogP contribution in [0.15, 0.2) is 0 Å². The number of rotatable bonds is 3. The monoisotopic (exact) mass is 238 g/mol. The summed E-state index contributed by atoms with van der Waals surface area (Å²) in [4.78, 5) is 27.7. The highest BCUT2D eigenvalue weighted by Crippen LogP contribution is 2.22. The predicted molar refractivity (Wildman–Crippen MR) is 65.3 cm³/mol. The zero-order valence-electron chi connectivity index (χ0n) is 10.8. The topological polar surface area (TPSA) is 40.6 Å². The molecular formula is C13H22N2O2. The summed E-state index contributed by atoms with van der Waals surface area (Å²) in [7, 11) is 0. The average molecular weight is 238 g/mol. The van der Waals surface area contributed by atoms with Gasteiger partial charge in [0.1, 0.15) is 0 Å². The number of likely N-dealkylation sites (tertiary alicyclic amines) is 2. The molecule has 2 fully saturated rings. The third-order valence-corrected chi connectivity index (χ3v) is 3.57. The van der Waals surface area contributed by atoms with E-state index in [1.165, 1.54) is 0 Å². The van der Waals surface area contributed by atoms with Gasteiger partial charge in [-0.25, -0.2) is 0 Å². The van der Waals surface area contributed by atoms with Crippen LogP contribution in [0.3, 0.4) is 0 Å². The van der Waals surface area contributed by atoms with Crippen LogP contribution in [0.1, 0.15) is 33.1 Å². The molecule has 0 spiro atoms. The maximum atomic E-state index is 12.2. The van der Waals surface area contributed by atoms with E-state index in [4.69, 9.17) is 0 Å². The molecule has 2 saturated heterocycles. The lowest BCUT2D eigenvalue weighted by Gasteiger charge is -2.21. The lowest BCUT2D eigenvalue weighted by Crippen LogP contribution is -2.36. The summed E-state index contributed by atoms with van der Waals surface area (Å²) in [6.45, 7) is 7.38. The highest BCUT2D eigenvalue weighted by molar-refractivity contribution is 5.89. The summed E-state index contributed by atoms with van der Waals surface area (Å²) in [6.07, 6.45) is 2.65. The Morgan fingerprint density at radius 2 is 2.00 bits per heavy atom. The summed E-state index contributed by atoms with van der Waals surface area (Å²) < 4.78 is 0. The van der Waals surface area contributed by atoms with Crippen LogP contribution >= 0.6 is 0 Å². The average Bonchev–Trinajstić information content (AvgIpc) is 2.87. The molecule has 0 N–H and O–H groups in total. The van der Waals surface area contributed by atoms with E-state index in [2.05, 4.69) is 13.8 Å². The molecule has 0 bridgehead atoms. The molecule has 1 atom stereocenters. The lowest BCUT2D eigenvalue weighted by molar-refractivity contribution is -0.134. The molecule has 2 aliphatic heterocycles. The van der Waals surface area contributed by atoms with Crippen LogP contribution in [-0.2, 0) is 9.59 Å². The maximum Gasteiger partial charge on any atom is 0.227 e. The first-order chi connectivity index (χ1) is 8.08. The minimum absolute atomic E-state index is 0.0839. The molecule has 2 heterocycles. The van der Waals surface area contributed by atoms with Crippen molar-refractivity contribution in [3.05, 3.63) is 0 Å². The summed E-state index contributed by atoms with van der Waals surface area (Å²) in [6, 6.07) is 0. The molecule has 0 aliphatic carbocycles. The Morgan fingerprint density at radius 1 is 1.35 bits per heavy atom. The fourth-order valence-corrected chi connectivity index (χ4v) is 2.75. The molecule has 0 radical (unpaired) electrons. The van der Waals surface area contributed by atoms with E-state index in [0.29, 0.717) is 18.9 Å². The van der Waals surface area contributed by atoms with E-state index < -0.39 is 0 Å². The van der Waals surface area contributed by atoms with Crippen LogP contribution in [0.2, 0.25) is 0 Å². The van der Waals surface area contributed by atoms with Gasteiger partial charge in [0.2, 0.25) is 11.8 Å². The fraction of sp³-hybridized carbons (Fsp3) is 0.846. The van der Waals surface area contributed by atoms with Crippen molar-refractivity contribution in [1.82, 2.24) is 9.80 Å². The number of carbonyl (C=O) groups excluding carboxylic acids is 2. The minimum atomic E-state index is -0.0839. The van der Waals surface area contributed by atoms with Gasteiger partial charge >= 0.3 is 0 Å². The van der Waals surface area contributed by atoms with E-state index in [9.17, 15) is 9.59 Å². The number of hydrogen-bond donors (Lipinski definition) is 0. The first-order valence-electron chi connectivity index (χ1n) is 6.64. The number of amides is 2. The standard InChI is InChI=1S/C13H22N2O2/c1-10(2)8-15-9-11(7-12(15)16)13(17)14-5-3-4-6-14/h10-11H,3-9H2,1-2H3. The van der Waals surface area contributed by atoms with Crippen molar-refractivity contribution in [2.24, 2.45) is 11.8 Å². The van der Waals surface area contributed by atoms with Gasteiger partial charge in [-0.3, -0.25) is 9.59 Å². The summed E-state index contributed by atoms with van der Waals surface area (Å²) in [5, 5.41) is 0. The first-order valence-corrected chi connectivity index (χ1v) is 6.64. The van der Waals surface area contributed by atoms with Gasteiger partial charge in [0, 0.05) is 32.6 Å². The SMILES string of the molecule is CC(C)CN1CC(C(=O)N2CCCC2)CC1=O. The second kappa shape index (κ2) is 5.07. The number of hydrogen-bond acceptors (Lipinski definition) is 2. The smallest absolute Gasteiger partial charge is 0.227 e. The molecular weight excluding hydrogens is 216 g/mol. The fourth-order valence-electron chi connectivity index (χ4n) is 2.75. The van der Waals surface area contributed by atoms with Gasteiger partial charge in [-0.15, -0.1) is 0 Å². The predicted octanol–water partition coefficient (Wildman–Crippen LogP) is 1.11. The summed E-state index contributed by atoms with van der Waals surface area (Å²) in [5.74, 6) is 0.734. The lowest BCUT2D eigenvalue weighted by atomic mass is 10.1. The van der Waals surface area contributed by atoms with E-state index in [0.717, 1.165) is 32.5 Å². The second-order valence-corrected chi connectivity index (χ2v) is 5.63. The highest BCUT2D eigenvalue weighted by Gasteiger charge is 2.36. The Labute approximate surface area is 103 Å². The molecule has 0 aromatic carbocycles. The van der Waals surface area contributed by atoms with Crippen molar-refractivity contribution < 1.29 is 9.59 Å². The Bertz CT molecular complexity index is 309. The zero-order valence-corrected chi connectivity index (χ0v) is 10.8. The molecule has 2 rings (SSSR count). The van der Waals surface area contributed by atoms with Crippen LogP contribution in [0.25, 0.3) is 0 Å². The van der Waals surface area contributed by atoms with Crippen LogP contribution < -0.4 is 0 Å². The molecule has 4 heteroatoms. The Hall–Kier alpha value is -1.06. The van der Waals surface area contributed by atoms with Crippen LogP contribution in [0.4, 0.5) is 0 Å². The molecule has 0 saturated carbocycles. The van der Waals surface area contributed by atoms with Crippen LogP contribution in [0.5, 0.6) is 0 Å². The van der Waals surface area contributed by atoms with Gasteiger partial charge in [-0.05, 0) is 18.8 Å². The maximum absolute atomic E-state index is 12.2. The van der Waals surface area contributed by atoms with Gasteiger partial charge in [-0.2, -0.15) is 0 Å². The van der Waals surface area contributed by atoms with Gasteiger partial charge < -0.3 is 9.80 Å². The van der Waals surface area contributed by atoms with Gasteiger partial charge in [0.25, 0.3) is 0 Å². The molecule has 2 amide bonds. The molecule has 2 aliphatic rings. The van der Waals surface area contributed by atoms with E-state index in [1.54, 1.807) is 0 Å². The summed E-state index contributed by atoms with van der Waals surface area (Å²) >= 11 is 0.